The van der Waals surface area contributed by atoms with Gasteiger partial charge in [0.2, 0.25) is 0 Å². The Morgan fingerprint density at radius 3 is 2.69 bits per heavy atom. The van der Waals surface area contributed by atoms with E-state index in [0.717, 1.165) is 19.1 Å². The summed E-state index contributed by atoms with van der Waals surface area (Å²) in [5, 5.41) is 0. The molecular weight excluding hydrogens is 162 g/mol. The molecule has 2 aliphatic rings. The summed E-state index contributed by atoms with van der Waals surface area (Å²) < 4.78 is 5.34. The van der Waals surface area contributed by atoms with E-state index in [4.69, 9.17) is 10.5 Å². The van der Waals surface area contributed by atoms with Crippen LogP contribution in [0.1, 0.15) is 32.1 Å². The summed E-state index contributed by atoms with van der Waals surface area (Å²) in [4.78, 5) is 0. The second-order valence-corrected chi connectivity index (χ2v) is 4.29. The fourth-order valence-corrected chi connectivity index (χ4v) is 2.31. The predicted molar refractivity (Wildman–Crippen MR) is 53.5 cm³/mol. The Morgan fingerprint density at radius 1 is 1.31 bits per heavy atom. The van der Waals surface area contributed by atoms with Crippen molar-refractivity contribution in [3.8, 4) is 0 Å². The van der Waals surface area contributed by atoms with Gasteiger partial charge in [0.15, 0.2) is 0 Å². The van der Waals surface area contributed by atoms with E-state index in [1.165, 1.54) is 32.1 Å². The summed E-state index contributed by atoms with van der Waals surface area (Å²) in [6.07, 6.45) is 8.43. The molecule has 13 heavy (non-hydrogen) atoms. The zero-order chi connectivity index (χ0) is 9.10. The SMILES string of the molecule is NC1C=C(CC2CCOCC2)CC1. The van der Waals surface area contributed by atoms with Crippen molar-refractivity contribution < 1.29 is 4.74 Å². The molecule has 2 heteroatoms. The Kier molecular flexibility index (Phi) is 3.01. The van der Waals surface area contributed by atoms with Gasteiger partial charge >= 0.3 is 0 Å². The molecule has 2 nitrogen and oxygen atoms in total. The zero-order valence-electron chi connectivity index (χ0n) is 8.17. The fraction of sp³-hybridized carbons (Fsp3) is 0.818. The van der Waals surface area contributed by atoms with Gasteiger partial charge in [0.25, 0.3) is 0 Å². The molecule has 2 N–H and O–H groups in total. The van der Waals surface area contributed by atoms with Crippen LogP contribution in [0.2, 0.25) is 0 Å². The molecule has 0 aromatic carbocycles. The van der Waals surface area contributed by atoms with E-state index in [1.54, 1.807) is 5.57 Å². The third-order valence-electron chi connectivity index (χ3n) is 3.14. The van der Waals surface area contributed by atoms with E-state index in [2.05, 4.69) is 6.08 Å². The Hall–Kier alpha value is -0.340. The second kappa shape index (κ2) is 4.25. The average molecular weight is 181 g/mol. The highest BCUT2D eigenvalue weighted by atomic mass is 16.5. The lowest BCUT2D eigenvalue weighted by Gasteiger charge is -2.22. The first-order valence-electron chi connectivity index (χ1n) is 5.37. The standard InChI is InChI=1S/C11H19NO/c12-11-2-1-10(8-11)7-9-3-5-13-6-4-9/h8-9,11H,1-7,12H2. The van der Waals surface area contributed by atoms with Gasteiger partial charge in [-0.1, -0.05) is 11.6 Å². The minimum atomic E-state index is 0.342. The van der Waals surface area contributed by atoms with Gasteiger partial charge in [-0.2, -0.15) is 0 Å². The highest BCUT2D eigenvalue weighted by Gasteiger charge is 2.18. The number of nitrogens with two attached hydrogens (primary N) is 1. The van der Waals surface area contributed by atoms with E-state index in [1.807, 2.05) is 0 Å². The Labute approximate surface area is 80.1 Å². The fourth-order valence-electron chi connectivity index (χ4n) is 2.31. The van der Waals surface area contributed by atoms with Gasteiger partial charge in [-0.25, -0.2) is 0 Å². The molecule has 1 heterocycles. The third-order valence-corrected chi connectivity index (χ3v) is 3.14. The maximum absolute atomic E-state index is 5.83. The van der Waals surface area contributed by atoms with Crippen LogP contribution in [0, 0.1) is 5.92 Å². The van der Waals surface area contributed by atoms with Gasteiger partial charge in [-0.3, -0.25) is 0 Å². The van der Waals surface area contributed by atoms with Crippen molar-refractivity contribution in [2.24, 2.45) is 11.7 Å². The Morgan fingerprint density at radius 2 is 2.08 bits per heavy atom. The molecular formula is C11H19NO. The van der Waals surface area contributed by atoms with Gasteiger partial charge in [-0.05, 0) is 38.0 Å². The topological polar surface area (TPSA) is 35.2 Å². The zero-order valence-corrected chi connectivity index (χ0v) is 8.17. The molecule has 0 aromatic heterocycles. The first kappa shape index (κ1) is 9.22. The Bertz CT molecular complexity index is 194. The third kappa shape index (κ3) is 2.55. The second-order valence-electron chi connectivity index (χ2n) is 4.29. The van der Waals surface area contributed by atoms with E-state index >= 15 is 0 Å². The van der Waals surface area contributed by atoms with Crippen molar-refractivity contribution in [3.63, 3.8) is 0 Å². The molecule has 1 aliphatic heterocycles. The van der Waals surface area contributed by atoms with Gasteiger partial charge in [0.05, 0.1) is 0 Å². The molecule has 74 valence electrons. The number of ether oxygens (including phenoxy) is 1. The van der Waals surface area contributed by atoms with Crippen molar-refractivity contribution in [1.29, 1.82) is 0 Å². The van der Waals surface area contributed by atoms with Crippen LogP contribution >= 0.6 is 0 Å². The van der Waals surface area contributed by atoms with Gasteiger partial charge in [0, 0.05) is 19.3 Å². The highest BCUT2D eigenvalue weighted by molar-refractivity contribution is 5.13. The number of hydrogen-bond donors (Lipinski definition) is 1. The molecule has 1 atom stereocenters. The maximum Gasteiger partial charge on any atom is 0.0468 e. The van der Waals surface area contributed by atoms with E-state index in [0.29, 0.717) is 6.04 Å². The summed E-state index contributed by atoms with van der Waals surface area (Å²) in [5.41, 5.74) is 7.43. The molecule has 1 aliphatic carbocycles. The molecule has 0 saturated carbocycles. The van der Waals surface area contributed by atoms with Crippen LogP contribution < -0.4 is 5.73 Å². The lowest BCUT2D eigenvalue weighted by Crippen LogP contribution is -2.15. The van der Waals surface area contributed by atoms with Crippen LogP contribution in [-0.2, 0) is 4.74 Å². The minimum Gasteiger partial charge on any atom is -0.381 e. The normalized spacial score (nSPS) is 30.5. The monoisotopic (exact) mass is 181 g/mol. The molecule has 0 amide bonds. The molecule has 0 aromatic rings. The van der Waals surface area contributed by atoms with Crippen molar-refractivity contribution >= 4 is 0 Å². The van der Waals surface area contributed by atoms with E-state index in [9.17, 15) is 0 Å². The lowest BCUT2D eigenvalue weighted by molar-refractivity contribution is 0.0664. The van der Waals surface area contributed by atoms with Crippen LogP contribution in [0.3, 0.4) is 0 Å². The predicted octanol–water partition coefficient (Wildman–Crippen LogP) is 1.85. The highest BCUT2D eigenvalue weighted by Crippen LogP contribution is 2.28. The maximum atomic E-state index is 5.83. The first-order valence-corrected chi connectivity index (χ1v) is 5.37. The van der Waals surface area contributed by atoms with Crippen LogP contribution in [0.5, 0.6) is 0 Å². The number of hydrogen-bond acceptors (Lipinski definition) is 2. The molecule has 0 radical (unpaired) electrons. The summed E-state index contributed by atoms with van der Waals surface area (Å²) in [5.74, 6) is 0.866. The van der Waals surface area contributed by atoms with Gasteiger partial charge < -0.3 is 10.5 Å². The molecule has 0 bridgehead atoms. The molecule has 1 unspecified atom stereocenters. The number of rotatable bonds is 2. The molecule has 0 spiro atoms. The van der Waals surface area contributed by atoms with Gasteiger partial charge in [-0.15, -0.1) is 0 Å². The summed E-state index contributed by atoms with van der Waals surface area (Å²) in [6, 6.07) is 0.342. The summed E-state index contributed by atoms with van der Waals surface area (Å²) in [7, 11) is 0. The first-order chi connectivity index (χ1) is 6.34. The average Bonchev–Trinajstić information content (AvgIpc) is 2.53. The Balaban J connectivity index is 1.80. The minimum absolute atomic E-state index is 0.342. The van der Waals surface area contributed by atoms with Crippen molar-refractivity contribution in [2.45, 2.75) is 38.1 Å². The molecule has 2 rings (SSSR count). The summed E-state index contributed by atoms with van der Waals surface area (Å²) >= 11 is 0. The van der Waals surface area contributed by atoms with Crippen molar-refractivity contribution in [3.05, 3.63) is 11.6 Å². The molecule has 1 fully saturated rings. The summed E-state index contributed by atoms with van der Waals surface area (Å²) in [6.45, 7) is 1.92. The quantitative estimate of drug-likeness (QED) is 0.660. The van der Waals surface area contributed by atoms with Crippen molar-refractivity contribution in [2.75, 3.05) is 13.2 Å². The van der Waals surface area contributed by atoms with Crippen LogP contribution in [0.15, 0.2) is 11.6 Å². The van der Waals surface area contributed by atoms with E-state index < -0.39 is 0 Å². The van der Waals surface area contributed by atoms with E-state index in [-0.39, 0.29) is 0 Å². The number of allylic oxidation sites excluding steroid dienone is 1. The smallest absolute Gasteiger partial charge is 0.0468 e. The van der Waals surface area contributed by atoms with Crippen LogP contribution in [0.4, 0.5) is 0 Å². The largest absolute Gasteiger partial charge is 0.381 e. The van der Waals surface area contributed by atoms with Crippen molar-refractivity contribution in [1.82, 2.24) is 0 Å². The van der Waals surface area contributed by atoms with Crippen LogP contribution in [0.25, 0.3) is 0 Å². The van der Waals surface area contributed by atoms with Crippen LogP contribution in [-0.4, -0.2) is 19.3 Å². The molecule has 1 saturated heterocycles. The van der Waals surface area contributed by atoms with Gasteiger partial charge in [0.1, 0.15) is 0 Å². The lowest BCUT2D eigenvalue weighted by atomic mass is 9.92.